The fourth-order valence-electron chi connectivity index (χ4n) is 4.75. The third-order valence-corrected chi connectivity index (χ3v) is 6.91. The summed E-state index contributed by atoms with van der Waals surface area (Å²) in [4.78, 5) is 26.1. The summed E-state index contributed by atoms with van der Waals surface area (Å²) < 4.78 is 25.3. The second-order valence-electron chi connectivity index (χ2n) is 11.2. The van der Waals surface area contributed by atoms with Gasteiger partial charge in [0.25, 0.3) is 0 Å². The van der Waals surface area contributed by atoms with Crippen molar-refractivity contribution in [2.24, 2.45) is 5.92 Å². The summed E-state index contributed by atoms with van der Waals surface area (Å²) in [5, 5.41) is 25.2. The zero-order chi connectivity index (χ0) is 29.1. The van der Waals surface area contributed by atoms with Crippen LogP contribution in [0.15, 0.2) is 66.7 Å². The quantitative estimate of drug-likeness (QED) is 0.381. The molecule has 0 aromatic heterocycles. The Labute approximate surface area is 261 Å². The molecular formula is C31H34FN2NaO6. The van der Waals surface area contributed by atoms with Crippen molar-refractivity contribution in [3.63, 3.8) is 0 Å². The number of β-amino-alcohol motifs (C(OH)–C–C–N with tert-alkyl or cyclic N) is 1. The predicted octanol–water partition coefficient (Wildman–Crippen LogP) is 2.46. The van der Waals surface area contributed by atoms with Crippen molar-refractivity contribution in [2.75, 3.05) is 18.4 Å². The Morgan fingerprint density at radius 3 is 2.05 bits per heavy atom. The standard InChI is InChI=1S/C31H35FN2O6.Na/c1-20(2)18-31(38)13-14-34(19-31)29(37)33-23-15-26(17-27(16-23)40-25-11-7-22(32)8-12-25)39-24-9-5-21(6-10-24)30(3,4)28(35)36;/h5-12,15-17,20,38H,13-14,18-19H2,1-4H3,(H,33,37)(H,35,36);/q;+1/p-1. The van der Waals surface area contributed by atoms with Gasteiger partial charge in [0, 0.05) is 35.8 Å². The van der Waals surface area contributed by atoms with Crippen LogP contribution in [0.2, 0.25) is 0 Å². The molecule has 1 unspecified atom stereocenters. The maximum atomic E-state index is 13.4. The molecule has 10 heteroatoms. The first-order valence-electron chi connectivity index (χ1n) is 13.2. The van der Waals surface area contributed by atoms with Crippen molar-refractivity contribution in [1.82, 2.24) is 4.90 Å². The molecule has 2 amide bonds. The van der Waals surface area contributed by atoms with Crippen LogP contribution in [0, 0.1) is 11.7 Å². The Hall–Kier alpha value is -3.11. The van der Waals surface area contributed by atoms with Crippen molar-refractivity contribution in [2.45, 2.75) is 51.6 Å². The molecule has 41 heavy (non-hydrogen) atoms. The van der Waals surface area contributed by atoms with E-state index < -0.39 is 22.8 Å². The maximum Gasteiger partial charge on any atom is 1.00 e. The number of rotatable bonds is 9. The van der Waals surface area contributed by atoms with Crippen LogP contribution in [0.3, 0.4) is 0 Å². The molecule has 1 heterocycles. The number of aliphatic hydroxyl groups is 1. The van der Waals surface area contributed by atoms with Gasteiger partial charge in [-0.15, -0.1) is 0 Å². The second kappa shape index (κ2) is 13.2. The minimum absolute atomic E-state index is 0. The number of hydrogen-bond donors (Lipinski definition) is 2. The monoisotopic (exact) mass is 572 g/mol. The SMILES string of the molecule is CC(C)CC1(O)CCN(C(=O)Nc2cc(Oc3ccc(F)cc3)cc(Oc3ccc(C(C)(C)C(=O)[O-])cc3)c2)C1.[Na+]. The van der Waals surface area contributed by atoms with Gasteiger partial charge in [-0.2, -0.15) is 0 Å². The fourth-order valence-corrected chi connectivity index (χ4v) is 4.75. The fraction of sp³-hybridized carbons (Fsp3) is 0.355. The molecule has 4 rings (SSSR count). The second-order valence-corrected chi connectivity index (χ2v) is 11.2. The number of carboxylic acid groups (broad SMARTS) is 1. The predicted molar refractivity (Wildman–Crippen MR) is 147 cm³/mol. The van der Waals surface area contributed by atoms with E-state index >= 15 is 0 Å². The number of nitrogens with one attached hydrogen (secondary N) is 1. The van der Waals surface area contributed by atoms with Gasteiger partial charge >= 0.3 is 35.6 Å². The van der Waals surface area contributed by atoms with Crippen LogP contribution in [0.1, 0.15) is 46.1 Å². The molecular weight excluding hydrogens is 538 g/mol. The Morgan fingerprint density at radius 2 is 1.54 bits per heavy atom. The molecule has 1 aliphatic heterocycles. The smallest absolute Gasteiger partial charge is 0.549 e. The van der Waals surface area contributed by atoms with Gasteiger partial charge in [-0.05, 0) is 60.7 Å². The van der Waals surface area contributed by atoms with E-state index in [9.17, 15) is 24.2 Å². The Bertz CT molecular complexity index is 1360. The Balaban J connectivity index is 0.00000462. The summed E-state index contributed by atoms with van der Waals surface area (Å²) >= 11 is 0. The number of carbonyl (C=O) groups excluding carboxylic acids is 2. The van der Waals surface area contributed by atoms with Gasteiger partial charge in [-0.3, -0.25) is 0 Å². The summed E-state index contributed by atoms with van der Waals surface area (Å²) in [7, 11) is 0. The molecule has 3 aromatic carbocycles. The van der Waals surface area contributed by atoms with E-state index in [2.05, 4.69) is 5.32 Å². The van der Waals surface area contributed by atoms with Crippen LogP contribution in [0.4, 0.5) is 14.9 Å². The van der Waals surface area contributed by atoms with Crippen LogP contribution < -0.4 is 49.5 Å². The van der Waals surface area contributed by atoms with Crippen LogP contribution in [0.5, 0.6) is 23.0 Å². The van der Waals surface area contributed by atoms with Crippen LogP contribution in [-0.2, 0) is 10.2 Å². The number of carboxylic acids is 1. The molecule has 3 aromatic rings. The molecule has 1 saturated heterocycles. The zero-order valence-electron chi connectivity index (χ0n) is 24.1. The third-order valence-electron chi connectivity index (χ3n) is 6.91. The topological polar surface area (TPSA) is 111 Å². The molecule has 0 saturated carbocycles. The average Bonchev–Trinajstić information content (AvgIpc) is 3.26. The number of benzene rings is 3. The molecule has 0 spiro atoms. The first kappa shape index (κ1) is 32.4. The van der Waals surface area contributed by atoms with Crippen molar-refractivity contribution in [3.8, 4) is 23.0 Å². The van der Waals surface area contributed by atoms with E-state index in [1.54, 1.807) is 61.2 Å². The number of urea groups is 1. The summed E-state index contributed by atoms with van der Waals surface area (Å²) in [5.74, 6) is 0.231. The molecule has 1 fully saturated rings. The van der Waals surface area contributed by atoms with Gasteiger partial charge < -0.3 is 34.7 Å². The summed E-state index contributed by atoms with van der Waals surface area (Å²) in [6.07, 6.45) is 1.11. The number of nitrogens with zero attached hydrogens (tertiary/aromatic N) is 1. The molecule has 2 N–H and O–H groups in total. The molecule has 212 valence electrons. The van der Waals surface area contributed by atoms with Gasteiger partial charge in [-0.1, -0.05) is 39.8 Å². The average molecular weight is 573 g/mol. The van der Waals surface area contributed by atoms with Crippen LogP contribution in [0.25, 0.3) is 0 Å². The van der Waals surface area contributed by atoms with Crippen molar-refractivity contribution in [1.29, 1.82) is 0 Å². The van der Waals surface area contributed by atoms with E-state index in [0.29, 0.717) is 59.6 Å². The maximum absolute atomic E-state index is 13.4. The Kier molecular flexibility index (Phi) is 10.5. The number of amides is 2. The molecule has 8 nitrogen and oxygen atoms in total. The minimum atomic E-state index is -1.19. The molecule has 0 bridgehead atoms. The normalized spacial score (nSPS) is 16.7. The van der Waals surface area contributed by atoms with Crippen molar-refractivity contribution in [3.05, 3.63) is 78.1 Å². The van der Waals surface area contributed by atoms with Gasteiger partial charge in [-0.25, -0.2) is 9.18 Å². The zero-order valence-corrected chi connectivity index (χ0v) is 26.1. The minimum Gasteiger partial charge on any atom is -0.549 e. The number of carbonyl (C=O) groups is 2. The van der Waals surface area contributed by atoms with Crippen LogP contribution in [-0.4, -0.2) is 40.7 Å². The molecule has 1 aliphatic rings. The van der Waals surface area contributed by atoms with E-state index in [1.807, 2.05) is 13.8 Å². The summed E-state index contributed by atoms with van der Waals surface area (Å²) in [6.45, 7) is 7.86. The van der Waals surface area contributed by atoms with Gasteiger partial charge in [0.1, 0.15) is 28.8 Å². The summed E-state index contributed by atoms with van der Waals surface area (Å²) in [6, 6.07) is 16.6. The largest absolute Gasteiger partial charge is 1.00 e. The van der Waals surface area contributed by atoms with Gasteiger partial charge in [0.2, 0.25) is 0 Å². The number of aliphatic carboxylic acids is 1. The molecule has 1 atom stereocenters. The van der Waals surface area contributed by atoms with E-state index in [1.165, 1.54) is 24.3 Å². The van der Waals surface area contributed by atoms with Crippen molar-refractivity contribution >= 4 is 17.7 Å². The van der Waals surface area contributed by atoms with E-state index in [4.69, 9.17) is 9.47 Å². The van der Waals surface area contributed by atoms with E-state index in [-0.39, 0.29) is 42.1 Å². The molecule has 0 aliphatic carbocycles. The number of anilines is 1. The number of ether oxygens (including phenoxy) is 2. The Morgan fingerprint density at radius 1 is 1.00 bits per heavy atom. The van der Waals surface area contributed by atoms with Gasteiger partial charge in [0.15, 0.2) is 0 Å². The van der Waals surface area contributed by atoms with Crippen LogP contribution >= 0.6 is 0 Å². The number of hydrogen-bond acceptors (Lipinski definition) is 6. The van der Waals surface area contributed by atoms with Crippen molar-refractivity contribution < 1.29 is 63.2 Å². The third kappa shape index (κ3) is 8.45. The molecule has 0 radical (unpaired) electrons. The summed E-state index contributed by atoms with van der Waals surface area (Å²) in [5.41, 5.74) is -1.13. The number of likely N-dealkylation sites (tertiary alicyclic amines) is 1. The van der Waals surface area contributed by atoms with E-state index in [0.717, 1.165) is 0 Å². The number of halogens is 1. The van der Waals surface area contributed by atoms with Gasteiger partial charge in [0.05, 0.1) is 18.1 Å². The first-order chi connectivity index (χ1) is 18.8. The first-order valence-corrected chi connectivity index (χ1v) is 13.2.